The van der Waals surface area contributed by atoms with Gasteiger partial charge in [-0.2, -0.15) is 0 Å². The molecule has 3 N–H and O–H groups in total. The van der Waals surface area contributed by atoms with Crippen LogP contribution in [0.4, 0.5) is 5.69 Å². The third-order valence-electron chi connectivity index (χ3n) is 3.80. The maximum Gasteiger partial charge on any atom is 0.258 e. The molecule has 1 aromatic carbocycles. The number of piperidine rings is 1. The van der Waals surface area contributed by atoms with Crippen molar-refractivity contribution in [2.24, 2.45) is 0 Å². The van der Waals surface area contributed by atoms with Gasteiger partial charge in [0, 0.05) is 23.8 Å². The van der Waals surface area contributed by atoms with E-state index in [0.29, 0.717) is 12.1 Å². The normalized spacial score (nSPS) is 23.9. The van der Waals surface area contributed by atoms with Crippen LogP contribution < -0.4 is 11.2 Å². The first kappa shape index (κ1) is 14.6. The molecular weight excluding hydrogens is 250 g/mol. The number of benzene rings is 1. The van der Waals surface area contributed by atoms with E-state index in [1.807, 2.05) is 24.3 Å². The van der Waals surface area contributed by atoms with Crippen LogP contribution >= 0.6 is 0 Å². The van der Waals surface area contributed by atoms with Crippen molar-refractivity contribution in [3.63, 3.8) is 0 Å². The quantitative estimate of drug-likeness (QED) is 0.657. The fourth-order valence-electron chi connectivity index (χ4n) is 2.59. The van der Waals surface area contributed by atoms with Crippen LogP contribution in [0.1, 0.15) is 38.7 Å². The summed E-state index contributed by atoms with van der Waals surface area (Å²) in [5, 5.41) is 2.07. The highest BCUT2D eigenvalue weighted by Crippen LogP contribution is 2.20. The molecule has 1 aromatic rings. The average Bonchev–Trinajstić information content (AvgIpc) is 2.42. The summed E-state index contributed by atoms with van der Waals surface area (Å²) in [4.78, 5) is 12.0. The van der Waals surface area contributed by atoms with Gasteiger partial charge in [0.1, 0.15) is 0 Å². The topological polar surface area (TPSA) is 58.4 Å². The van der Waals surface area contributed by atoms with Gasteiger partial charge in [0.05, 0.1) is 0 Å². The molecule has 20 heavy (non-hydrogen) atoms. The molecule has 108 valence electrons. The molecule has 0 bridgehead atoms. The summed E-state index contributed by atoms with van der Waals surface area (Å²) in [6.45, 7) is 4.30. The highest BCUT2D eigenvalue weighted by Gasteiger charge is 2.25. The Hall–Kier alpha value is -1.81. The first-order valence-corrected chi connectivity index (χ1v) is 7.19. The number of nitrogens with two attached hydrogens (primary N) is 1. The van der Waals surface area contributed by atoms with E-state index in [2.05, 4.69) is 24.3 Å². The number of rotatable bonds is 3. The predicted molar refractivity (Wildman–Crippen MR) is 82.6 cm³/mol. The number of hydrazine groups is 1. The van der Waals surface area contributed by atoms with Crippen molar-refractivity contribution in [2.45, 2.75) is 45.2 Å². The van der Waals surface area contributed by atoms with Crippen LogP contribution in [-0.4, -0.2) is 23.0 Å². The zero-order chi connectivity index (χ0) is 14.5. The van der Waals surface area contributed by atoms with Gasteiger partial charge in [-0.1, -0.05) is 18.6 Å². The second-order valence-electron chi connectivity index (χ2n) is 5.51. The van der Waals surface area contributed by atoms with Crippen LogP contribution in [0.2, 0.25) is 0 Å². The molecule has 1 aliphatic heterocycles. The number of nitrogens with zero attached hydrogens (tertiary/aromatic N) is 1. The van der Waals surface area contributed by atoms with Gasteiger partial charge in [0.2, 0.25) is 0 Å². The van der Waals surface area contributed by atoms with Crippen LogP contribution in [0.25, 0.3) is 6.08 Å². The number of hydrogen-bond acceptors (Lipinski definition) is 3. The van der Waals surface area contributed by atoms with E-state index in [1.54, 1.807) is 12.2 Å². The summed E-state index contributed by atoms with van der Waals surface area (Å²) in [5.41, 5.74) is 10.3. The Morgan fingerprint density at radius 3 is 2.45 bits per heavy atom. The second kappa shape index (κ2) is 6.57. The molecular formula is C16H23N3O. The summed E-state index contributed by atoms with van der Waals surface area (Å²) in [5.74, 6) is -0.0811. The van der Waals surface area contributed by atoms with E-state index in [-0.39, 0.29) is 5.91 Å². The van der Waals surface area contributed by atoms with Crippen LogP contribution in [-0.2, 0) is 4.79 Å². The minimum absolute atomic E-state index is 0.0811. The number of carbonyl (C=O) groups is 1. The van der Waals surface area contributed by atoms with Crippen LogP contribution in [0.3, 0.4) is 0 Å². The average molecular weight is 273 g/mol. The van der Waals surface area contributed by atoms with Crippen molar-refractivity contribution in [1.82, 2.24) is 10.4 Å². The molecule has 1 saturated heterocycles. The van der Waals surface area contributed by atoms with E-state index in [4.69, 9.17) is 5.73 Å². The fraction of sp³-hybridized carbons (Fsp3) is 0.438. The van der Waals surface area contributed by atoms with Gasteiger partial charge in [-0.05, 0) is 50.5 Å². The maximum atomic E-state index is 12.0. The van der Waals surface area contributed by atoms with Crippen molar-refractivity contribution in [2.75, 3.05) is 5.73 Å². The van der Waals surface area contributed by atoms with Crippen molar-refractivity contribution in [3.05, 3.63) is 35.9 Å². The molecule has 1 amide bonds. The minimum Gasteiger partial charge on any atom is -0.399 e. The number of nitrogens with one attached hydrogen (secondary N) is 1. The standard InChI is InChI=1S/C16H23N3O/c1-12-4-3-5-13(2)19(12)18-16(20)11-8-14-6-9-15(17)10-7-14/h6-13H,3-5,17H2,1-2H3,(H,18,20)/b11-8+. The molecule has 0 spiro atoms. The van der Waals surface area contributed by atoms with Gasteiger partial charge < -0.3 is 5.73 Å². The molecule has 4 heteroatoms. The third kappa shape index (κ3) is 3.84. The van der Waals surface area contributed by atoms with Gasteiger partial charge in [0.25, 0.3) is 5.91 Å². The molecule has 2 rings (SSSR count). The zero-order valence-electron chi connectivity index (χ0n) is 12.2. The maximum absolute atomic E-state index is 12.0. The summed E-state index contributed by atoms with van der Waals surface area (Å²) >= 11 is 0. The highest BCUT2D eigenvalue weighted by atomic mass is 16.2. The lowest BCUT2D eigenvalue weighted by molar-refractivity contribution is -0.124. The number of hydrogen-bond donors (Lipinski definition) is 2. The SMILES string of the molecule is CC1CCCC(C)N1NC(=O)/C=C/c1ccc(N)cc1. The lowest BCUT2D eigenvalue weighted by atomic mass is 10.00. The van der Waals surface area contributed by atoms with E-state index in [1.165, 1.54) is 6.42 Å². The van der Waals surface area contributed by atoms with Gasteiger partial charge in [0.15, 0.2) is 0 Å². The van der Waals surface area contributed by atoms with Gasteiger partial charge >= 0.3 is 0 Å². The summed E-state index contributed by atoms with van der Waals surface area (Å²) in [7, 11) is 0. The molecule has 0 aromatic heterocycles. The summed E-state index contributed by atoms with van der Waals surface area (Å²) in [6.07, 6.45) is 6.86. The molecule has 1 aliphatic rings. The monoisotopic (exact) mass is 273 g/mol. The van der Waals surface area contributed by atoms with E-state index >= 15 is 0 Å². The molecule has 2 unspecified atom stereocenters. The Labute approximate surface area is 120 Å². The third-order valence-corrected chi connectivity index (χ3v) is 3.80. The molecule has 1 fully saturated rings. The van der Waals surface area contributed by atoms with Crippen molar-refractivity contribution >= 4 is 17.7 Å². The van der Waals surface area contributed by atoms with Crippen molar-refractivity contribution in [1.29, 1.82) is 0 Å². The van der Waals surface area contributed by atoms with Crippen LogP contribution in [0.15, 0.2) is 30.3 Å². The highest BCUT2D eigenvalue weighted by molar-refractivity contribution is 5.91. The van der Waals surface area contributed by atoms with Crippen molar-refractivity contribution < 1.29 is 4.79 Å². The number of carbonyl (C=O) groups excluding carboxylic acids is 1. The van der Waals surface area contributed by atoms with Gasteiger partial charge in [-0.3, -0.25) is 10.2 Å². The summed E-state index contributed by atoms with van der Waals surface area (Å²) < 4.78 is 0. The van der Waals surface area contributed by atoms with E-state index in [0.717, 1.165) is 24.1 Å². The first-order chi connectivity index (χ1) is 9.56. The van der Waals surface area contributed by atoms with Gasteiger partial charge in [-0.25, -0.2) is 5.01 Å². The lowest BCUT2D eigenvalue weighted by Crippen LogP contribution is -2.53. The van der Waals surface area contributed by atoms with Crippen LogP contribution in [0, 0.1) is 0 Å². The Balaban J connectivity index is 1.93. The number of amides is 1. The van der Waals surface area contributed by atoms with Crippen molar-refractivity contribution in [3.8, 4) is 0 Å². The molecule has 1 heterocycles. The molecule has 4 nitrogen and oxygen atoms in total. The summed E-state index contributed by atoms with van der Waals surface area (Å²) in [6, 6.07) is 8.23. The molecule has 0 radical (unpaired) electrons. The smallest absolute Gasteiger partial charge is 0.258 e. The second-order valence-corrected chi connectivity index (χ2v) is 5.51. The number of anilines is 1. The van der Waals surface area contributed by atoms with Gasteiger partial charge in [-0.15, -0.1) is 0 Å². The molecule has 2 atom stereocenters. The Morgan fingerprint density at radius 1 is 1.25 bits per heavy atom. The Morgan fingerprint density at radius 2 is 1.85 bits per heavy atom. The van der Waals surface area contributed by atoms with E-state index < -0.39 is 0 Å². The number of nitrogen functional groups attached to an aromatic ring is 1. The fourth-order valence-corrected chi connectivity index (χ4v) is 2.59. The lowest BCUT2D eigenvalue weighted by Gasteiger charge is -2.38. The Kier molecular flexibility index (Phi) is 4.79. The molecule has 0 aliphatic carbocycles. The van der Waals surface area contributed by atoms with E-state index in [9.17, 15) is 4.79 Å². The largest absolute Gasteiger partial charge is 0.399 e. The predicted octanol–water partition coefficient (Wildman–Crippen LogP) is 2.58. The zero-order valence-corrected chi connectivity index (χ0v) is 12.2. The minimum atomic E-state index is -0.0811. The first-order valence-electron chi connectivity index (χ1n) is 7.19. The van der Waals surface area contributed by atoms with Crippen LogP contribution in [0.5, 0.6) is 0 Å². The molecule has 0 saturated carbocycles. The Bertz CT molecular complexity index is 471.